The number of primary amides is 1. The first-order valence-corrected chi connectivity index (χ1v) is 8.68. The highest BCUT2D eigenvalue weighted by molar-refractivity contribution is 5.98. The third-order valence-electron chi connectivity index (χ3n) is 5.15. The zero-order valence-electron chi connectivity index (χ0n) is 14.5. The van der Waals surface area contributed by atoms with Crippen LogP contribution in [-0.2, 0) is 9.59 Å². The van der Waals surface area contributed by atoms with Gasteiger partial charge in [0.25, 0.3) is 5.91 Å². The topological polar surface area (TPSA) is 113 Å². The van der Waals surface area contributed by atoms with Crippen LogP contribution in [0.5, 0.6) is 0 Å². The van der Waals surface area contributed by atoms with Gasteiger partial charge in [-0.05, 0) is 56.0 Å². The van der Waals surface area contributed by atoms with Crippen molar-refractivity contribution in [2.75, 3.05) is 25.0 Å². The molecule has 8 heteroatoms. The summed E-state index contributed by atoms with van der Waals surface area (Å²) in [6, 6.07) is 6.82. The van der Waals surface area contributed by atoms with Gasteiger partial charge in [0, 0.05) is 30.1 Å². The number of piperidine rings is 1. The number of nitrogens with one attached hydrogen (secondary N) is 3. The Kier molecular flexibility index (Phi) is 6.61. The van der Waals surface area contributed by atoms with Crippen molar-refractivity contribution >= 4 is 35.8 Å². The number of hydrogen-bond donors (Lipinski definition) is 4. The summed E-state index contributed by atoms with van der Waals surface area (Å²) in [6.45, 7) is 2.15. The van der Waals surface area contributed by atoms with Gasteiger partial charge in [-0.25, -0.2) is 0 Å². The maximum absolute atomic E-state index is 12.5. The number of halogens is 1. The Bertz CT molecular complexity index is 689. The molecule has 26 heavy (non-hydrogen) atoms. The van der Waals surface area contributed by atoms with Gasteiger partial charge in [0.05, 0.1) is 0 Å². The highest BCUT2D eigenvalue weighted by Gasteiger charge is 2.57. The number of amides is 3. The van der Waals surface area contributed by atoms with Crippen LogP contribution in [0.1, 0.15) is 36.0 Å². The molecule has 3 amide bonds. The van der Waals surface area contributed by atoms with E-state index in [-0.39, 0.29) is 48.5 Å². The van der Waals surface area contributed by atoms with Gasteiger partial charge in [-0.3, -0.25) is 14.4 Å². The van der Waals surface area contributed by atoms with E-state index in [1.165, 1.54) is 0 Å². The molecule has 0 aromatic heterocycles. The molecule has 1 aliphatic heterocycles. The lowest BCUT2D eigenvalue weighted by Gasteiger charge is -2.23. The quantitative estimate of drug-likeness (QED) is 0.590. The fraction of sp³-hybridized carbons (Fsp3) is 0.500. The normalized spacial score (nSPS) is 19.9. The number of rotatable bonds is 6. The lowest BCUT2D eigenvalue weighted by Crippen LogP contribution is -2.31. The summed E-state index contributed by atoms with van der Waals surface area (Å²) in [5.41, 5.74) is 6.28. The second kappa shape index (κ2) is 8.51. The Morgan fingerprint density at radius 3 is 2.65 bits per heavy atom. The third kappa shape index (κ3) is 4.74. The van der Waals surface area contributed by atoms with Crippen molar-refractivity contribution in [3.05, 3.63) is 29.8 Å². The van der Waals surface area contributed by atoms with Crippen LogP contribution in [0.3, 0.4) is 0 Å². The van der Waals surface area contributed by atoms with Crippen molar-refractivity contribution in [2.24, 2.45) is 17.1 Å². The first-order valence-electron chi connectivity index (χ1n) is 8.68. The van der Waals surface area contributed by atoms with Gasteiger partial charge < -0.3 is 21.7 Å². The molecule has 1 saturated heterocycles. The van der Waals surface area contributed by atoms with Gasteiger partial charge >= 0.3 is 0 Å². The van der Waals surface area contributed by atoms with E-state index in [1.807, 2.05) is 0 Å². The molecule has 1 aromatic rings. The minimum Gasteiger partial charge on any atom is -0.370 e. The van der Waals surface area contributed by atoms with E-state index in [0.717, 1.165) is 32.4 Å². The maximum Gasteiger partial charge on any atom is 0.251 e. The zero-order chi connectivity index (χ0) is 17.9. The number of benzene rings is 1. The van der Waals surface area contributed by atoms with Crippen LogP contribution in [0.15, 0.2) is 24.3 Å². The van der Waals surface area contributed by atoms with Crippen LogP contribution in [0.2, 0.25) is 0 Å². The molecule has 0 radical (unpaired) electrons. The van der Waals surface area contributed by atoms with Gasteiger partial charge in [0.15, 0.2) is 0 Å². The molecule has 1 spiro atoms. The summed E-state index contributed by atoms with van der Waals surface area (Å²) in [6.07, 6.45) is 3.15. The second-order valence-electron chi connectivity index (χ2n) is 6.91. The monoisotopic (exact) mass is 380 g/mol. The molecular formula is C18H25ClN4O3. The molecule has 5 N–H and O–H groups in total. The molecule has 2 fully saturated rings. The van der Waals surface area contributed by atoms with E-state index in [1.54, 1.807) is 24.3 Å². The molecule has 1 unspecified atom stereocenters. The van der Waals surface area contributed by atoms with E-state index in [9.17, 15) is 14.4 Å². The molecule has 1 atom stereocenters. The molecular weight excluding hydrogens is 356 g/mol. The Morgan fingerprint density at radius 2 is 1.96 bits per heavy atom. The number of nitrogens with two attached hydrogens (primary N) is 1. The van der Waals surface area contributed by atoms with Crippen LogP contribution >= 0.6 is 12.4 Å². The van der Waals surface area contributed by atoms with Crippen LogP contribution in [0, 0.1) is 11.3 Å². The average molecular weight is 381 g/mol. The number of hydrogen-bond acceptors (Lipinski definition) is 4. The van der Waals surface area contributed by atoms with Crippen molar-refractivity contribution in [3.63, 3.8) is 0 Å². The molecule has 2 aliphatic rings. The van der Waals surface area contributed by atoms with Crippen molar-refractivity contribution in [1.29, 1.82) is 0 Å². The smallest absolute Gasteiger partial charge is 0.251 e. The molecule has 142 valence electrons. The summed E-state index contributed by atoms with van der Waals surface area (Å²) in [5.74, 6) is -0.646. The second-order valence-corrected chi connectivity index (χ2v) is 6.91. The fourth-order valence-corrected chi connectivity index (χ4v) is 3.56. The van der Waals surface area contributed by atoms with Crippen LogP contribution < -0.4 is 21.7 Å². The van der Waals surface area contributed by atoms with Gasteiger partial charge in [-0.15, -0.1) is 12.4 Å². The number of carbonyl (C=O) groups is 3. The molecule has 1 heterocycles. The third-order valence-corrected chi connectivity index (χ3v) is 5.15. The number of anilines is 1. The Morgan fingerprint density at radius 1 is 1.23 bits per heavy atom. The Labute approximate surface area is 158 Å². The first kappa shape index (κ1) is 20.2. The van der Waals surface area contributed by atoms with E-state index in [0.29, 0.717) is 11.3 Å². The predicted octanol–water partition coefficient (Wildman–Crippen LogP) is 1.04. The molecule has 1 saturated carbocycles. The standard InChI is InChI=1S/C18H24N4O3.ClH/c19-15(23)4-7-21-16(24)12-2-1-3-13(10-12)22-17(25)14-11-18(14)5-8-20-9-6-18;/h1-3,10,14,20H,4-9,11H2,(H2,19,23)(H,21,24)(H,22,25);1H. The van der Waals surface area contributed by atoms with Gasteiger partial charge in [-0.2, -0.15) is 0 Å². The molecule has 7 nitrogen and oxygen atoms in total. The first-order chi connectivity index (χ1) is 12.0. The molecule has 3 rings (SSSR count). The largest absolute Gasteiger partial charge is 0.370 e. The lowest BCUT2D eigenvalue weighted by molar-refractivity contribution is -0.118. The van der Waals surface area contributed by atoms with Gasteiger partial charge in [-0.1, -0.05) is 6.07 Å². The summed E-state index contributed by atoms with van der Waals surface area (Å²) >= 11 is 0. The minimum atomic E-state index is -0.461. The molecule has 0 bridgehead atoms. The summed E-state index contributed by atoms with van der Waals surface area (Å²) < 4.78 is 0. The lowest BCUT2D eigenvalue weighted by atomic mass is 9.92. The highest BCUT2D eigenvalue weighted by Crippen LogP contribution is 2.58. The maximum atomic E-state index is 12.5. The van der Waals surface area contributed by atoms with Crippen LogP contribution in [0.4, 0.5) is 5.69 Å². The minimum absolute atomic E-state index is 0. The van der Waals surface area contributed by atoms with Crippen molar-refractivity contribution in [3.8, 4) is 0 Å². The van der Waals surface area contributed by atoms with Crippen LogP contribution in [0.25, 0.3) is 0 Å². The summed E-state index contributed by atoms with van der Waals surface area (Å²) in [7, 11) is 0. The van der Waals surface area contributed by atoms with Crippen LogP contribution in [-0.4, -0.2) is 37.4 Å². The Balaban J connectivity index is 0.00000243. The highest BCUT2D eigenvalue weighted by atomic mass is 35.5. The predicted molar refractivity (Wildman–Crippen MR) is 101 cm³/mol. The molecule has 1 aliphatic carbocycles. The average Bonchev–Trinajstić information content (AvgIpc) is 3.28. The van der Waals surface area contributed by atoms with Gasteiger partial charge in [0.1, 0.15) is 0 Å². The number of carbonyl (C=O) groups excluding carboxylic acids is 3. The van der Waals surface area contributed by atoms with E-state index in [2.05, 4.69) is 16.0 Å². The Hall–Kier alpha value is -2.12. The SMILES string of the molecule is Cl.NC(=O)CCNC(=O)c1cccc(NC(=O)C2CC23CCNCC3)c1. The van der Waals surface area contributed by atoms with E-state index in [4.69, 9.17) is 5.73 Å². The van der Waals surface area contributed by atoms with Crippen molar-refractivity contribution < 1.29 is 14.4 Å². The van der Waals surface area contributed by atoms with Crippen molar-refractivity contribution in [2.45, 2.75) is 25.7 Å². The van der Waals surface area contributed by atoms with E-state index < -0.39 is 5.91 Å². The molecule has 1 aromatic carbocycles. The summed E-state index contributed by atoms with van der Waals surface area (Å²) in [4.78, 5) is 35.3. The van der Waals surface area contributed by atoms with E-state index >= 15 is 0 Å². The summed E-state index contributed by atoms with van der Waals surface area (Å²) in [5, 5.41) is 8.89. The van der Waals surface area contributed by atoms with Crippen molar-refractivity contribution in [1.82, 2.24) is 10.6 Å². The fourth-order valence-electron chi connectivity index (χ4n) is 3.56. The zero-order valence-corrected chi connectivity index (χ0v) is 15.4. The van der Waals surface area contributed by atoms with Gasteiger partial charge in [0.2, 0.25) is 11.8 Å².